The lowest BCUT2D eigenvalue weighted by atomic mass is 10.2. The van der Waals surface area contributed by atoms with E-state index in [0.717, 1.165) is 16.9 Å². The maximum atomic E-state index is 5.44. The molecular weight excluding hydrogens is 364 g/mol. The van der Waals surface area contributed by atoms with Gasteiger partial charge in [0.05, 0.1) is 27.0 Å². The highest BCUT2D eigenvalue weighted by molar-refractivity contribution is 7.71. The largest absolute Gasteiger partial charge is 0.494 e. The van der Waals surface area contributed by atoms with Gasteiger partial charge in [0, 0.05) is 5.56 Å². The highest BCUT2D eigenvalue weighted by Crippen LogP contribution is 2.31. The summed E-state index contributed by atoms with van der Waals surface area (Å²) < 4.78 is 18.0. The fourth-order valence-corrected chi connectivity index (χ4v) is 2.68. The smallest absolute Gasteiger partial charge is 0.216 e. The molecule has 3 aromatic rings. The minimum Gasteiger partial charge on any atom is -0.494 e. The molecule has 140 valence electrons. The number of methoxy groups -OCH3 is 2. The maximum Gasteiger partial charge on any atom is 0.216 e. The summed E-state index contributed by atoms with van der Waals surface area (Å²) in [5.41, 5.74) is 1.71. The van der Waals surface area contributed by atoms with Crippen molar-refractivity contribution in [2.75, 3.05) is 20.8 Å². The second kappa shape index (κ2) is 8.50. The standard InChI is InChI=1S/C19H20N4O3S/c1-4-26-15-8-5-13(6-9-15)12-20-23-18(21-22-19(23)27)14-7-10-16(24-2)17(11-14)25-3/h5-12H,4H2,1-3H3,(H,22,27)/b20-12-. The third-order valence-electron chi connectivity index (χ3n) is 3.81. The predicted molar refractivity (Wildman–Crippen MR) is 107 cm³/mol. The van der Waals surface area contributed by atoms with Gasteiger partial charge in [0.25, 0.3) is 0 Å². The van der Waals surface area contributed by atoms with Gasteiger partial charge in [0.15, 0.2) is 17.3 Å². The number of nitrogens with zero attached hydrogens (tertiary/aromatic N) is 3. The van der Waals surface area contributed by atoms with Gasteiger partial charge in [-0.15, -0.1) is 0 Å². The summed E-state index contributed by atoms with van der Waals surface area (Å²) in [5.74, 6) is 2.63. The van der Waals surface area contributed by atoms with Crippen molar-refractivity contribution in [3.05, 3.63) is 52.8 Å². The number of hydrogen-bond donors (Lipinski definition) is 1. The summed E-state index contributed by atoms with van der Waals surface area (Å²) in [7, 11) is 3.18. The Morgan fingerprint density at radius 1 is 1.11 bits per heavy atom. The number of benzene rings is 2. The molecule has 1 aromatic heterocycles. The molecule has 3 rings (SSSR count). The van der Waals surface area contributed by atoms with Crippen molar-refractivity contribution < 1.29 is 14.2 Å². The Labute approximate surface area is 162 Å². The van der Waals surface area contributed by atoms with Crippen LogP contribution in [0.1, 0.15) is 12.5 Å². The average Bonchev–Trinajstić information content (AvgIpc) is 3.07. The molecule has 27 heavy (non-hydrogen) atoms. The van der Waals surface area contributed by atoms with Crippen LogP contribution in [0.5, 0.6) is 17.2 Å². The van der Waals surface area contributed by atoms with Crippen molar-refractivity contribution in [2.24, 2.45) is 5.10 Å². The van der Waals surface area contributed by atoms with Crippen LogP contribution in [0.15, 0.2) is 47.6 Å². The SMILES string of the molecule is CCOc1ccc(/C=N\n2c(-c3ccc(OC)c(OC)c3)n[nH]c2=S)cc1. The Morgan fingerprint density at radius 2 is 1.85 bits per heavy atom. The van der Waals surface area contributed by atoms with E-state index in [-0.39, 0.29) is 0 Å². The van der Waals surface area contributed by atoms with Gasteiger partial charge in [-0.25, -0.2) is 5.10 Å². The number of H-pyrrole nitrogens is 1. The van der Waals surface area contributed by atoms with E-state index in [2.05, 4.69) is 15.3 Å². The van der Waals surface area contributed by atoms with Crippen molar-refractivity contribution >= 4 is 18.4 Å². The van der Waals surface area contributed by atoms with Gasteiger partial charge < -0.3 is 14.2 Å². The van der Waals surface area contributed by atoms with E-state index >= 15 is 0 Å². The molecule has 8 heteroatoms. The molecule has 0 spiro atoms. The molecule has 0 atom stereocenters. The molecule has 0 amide bonds. The van der Waals surface area contributed by atoms with E-state index in [1.165, 1.54) is 0 Å². The fraction of sp³-hybridized carbons (Fsp3) is 0.211. The first kappa shape index (κ1) is 18.7. The van der Waals surface area contributed by atoms with Crippen LogP contribution >= 0.6 is 12.2 Å². The van der Waals surface area contributed by atoms with E-state index in [1.807, 2.05) is 49.4 Å². The first-order valence-corrected chi connectivity index (χ1v) is 8.74. The second-order valence-electron chi connectivity index (χ2n) is 5.48. The lowest BCUT2D eigenvalue weighted by molar-refractivity contribution is 0.340. The normalized spacial score (nSPS) is 10.9. The molecule has 0 saturated carbocycles. The van der Waals surface area contributed by atoms with E-state index in [9.17, 15) is 0 Å². The first-order valence-electron chi connectivity index (χ1n) is 8.33. The van der Waals surface area contributed by atoms with Crippen molar-refractivity contribution in [2.45, 2.75) is 6.92 Å². The van der Waals surface area contributed by atoms with Crippen LogP contribution in [-0.2, 0) is 0 Å². The fourth-order valence-electron chi connectivity index (χ4n) is 2.50. The molecule has 1 heterocycles. The third-order valence-corrected chi connectivity index (χ3v) is 4.07. The van der Waals surface area contributed by atoms with Gasteiger partial charge >= 0.3 is 0 Å². The number of aromatic amines is 1. The lowest BCUT2D eigenvalue weighted by Crippen LogP contribution is -1.97. The van der Waals surface area contributed by atoms with Crippen LogP contribution < -0.4 is 14.2 Å². The van der Waals surface area contributed by atoms with Gasteiger partial charge in [0.1, 0.15) is 5.75 Å². The Hall–Kier alpha value is -3.13. The second-order valence-corrected chi connectivity index (χ2v) is 5.87. The van der Waals surface area contributed by atoms with Crippen molar-refractivity contribution in [1.29, 1.82) is 0 Å². The third kappa shape index (κ3) is 4.17. The molecule has 7 nitrogen and oxygen atoms in total. The summed E-state index contributed by atoms with van der Waals surface area (Å²) >= 11 is 5.31. The molecule has 0 saturated heterocycles. The molecule has 0 unspecified atom stereocenters. The van der Waals surface area contributed by atoms with Crippen molar-refractivity contribution in [3.8, 4) is 28.6 Å². The van der Waals surface area contributed by atoms with Crippen molar-refractivity contribution in [1.82, 2.24) is 14.9 Å². The molecule has 0 aliphatic heterocycles. The summed E-state index contributed by atoms with van der Waals surface area (Å²) in [6.07, 6.45) is 1.71. The van der Waals surface area contributed by atoms with Gasteiger partial charge in [-0.2, -0.15) is 14.9 Å². The molecule has 0 bridgehead atoms. The zero-order chi connectivity index (χ0) is 19.2. The number of hydrogen-bond acceptors (Lipinski definition) is 6. The van der Waals surface area contributed by atoms with Gasteiger partial charge in [-0.05, 0) is 67.2 Å². The molecule has 2 aromatic carbocycles. The monoisotopic (exact) mass is 384 g/mol. The number of rotatable bonds is 7. The molecule has 0 aliphatic carbocycles. The van der Waals surface area contributed by atoms with E-state index < -0.39 is 0 Å². The Morgan fingerprint density at radius 3 is 2.52 bits per heavy atom. The van der Waals surface area contributed by atoms with Crippen LogP contribution in [0, 0.1) is 4.77 Å². The van der Waals surface area contributed by atoms with Crippen LogP contribution in [-0.4, -0.2) is 41.9 Å². The topological polar surface area (TPSA) is 73.7 Å². The summed E-state index contributed by atoms with van der Waals surface area (Å²) in [5, 5.41) is 11.5. The van der Waals surface area contributed by atoms with Crippen LogP contribution in [0.25, 0.3) is 11.4 Å². The minimum atomic E-state index is 0.391. The summed E-state index contributed by atoms with van der Waals surface area (Å²) in [6.45, 7) is 2.58. The van der Waals surface area contributed by atoms with Gasteiger partial charge in [0.2, 0.25) is 4.77 Å². The number of nitrogens with one attached hydrogen (secondary N) is 1. The Balaban J connectivity index is 1.92. The number of ether oxygens (including phenoxy) is 3. The van der Waals surface area contributed by atoms with Gasteiger partial charge in [-0.3, -0.25) is 0 Å². The highest BCUT2D eigenvalue weighted by atomic mass is 32.1. The van der Waals surface area contributed by atoms with Crippen LogP contribution in [0.3, 0.4) is 0 Å². The zero-order valence-corrected chi connectivity index (χ0v) is 16.1. The molecular formula is C19H20N4O3S. The maximum absolute atomic E-state index is 5.44. The Kier molecular flexibility index (Phi) is 5.87. The number of aromatic nitrogens is 3. The molecule has 1 N–H and O–H groups in total. The van der Waals surface area contributed by atoms with Crippen LogP contribution in [0.4, 0.5) is 0 Å². The minimum absolute atomic E-state index is 0.391. The lowest BCUT2D eigenvalue weighted by Gasteiger charge is -2.09. The molecule has 0 radical (unpaired) electrons. The summed E-state index contributed by atoms with van der Waals surface area (Å²) in [6, 6.07) is 13.2. The van der Waals surface area contributed by atoms with Gasteiger partial charge in [-0.1, -0.05) is 0 Å². The van der Waals surface area contributed by atoms with E-state index in [1.54, 1.807) is 25.1 Å². The van der Waals surface area contributed by atoms with E-state index in [4.69, 9.17) is 26.4 Å². The van der Waals surface area contributed by atoms with E-state index in [0.29, 0.717) is 28.7 Å². The van der Waals surface area contributed by atoms with Crippen molar-refractivity contribution in [3.63, 3.8) is 0 Å². The quantitative estimate of drug-likeness (QED) is 0.494. The molecule has 0 fully saturated rings. The van der Waals surface area contributed by atoms with Crippen LogP contribution in [0.2, 0.25) is 0 Å². The predicted octanol–water partition coefficient (Wildman–Crippen LogP) is 3.91. The zero-order valence-electron chi connectivity index (χ0n) is 15.3. The average molecular weight is 384 g/mol. The first-order chi connectivity index (χ1) is 13.2. The molecule has 0 aliphatic rings. The highest BCUT2D eigenvalue weighted by Gasteiger charge is 2.12. The summed E-state index contributed by atoms with van der Waals surface area (Å²) in [4.78, 5) is 0. The Bertz CT molecular complexity index is 993.